The van der Waals surface area contributed by atoms with Crippen molar-refractivity contribution in [3.05, 3.63) is 48.2 Å². The van der Waals surface area contributed by atoms with Crippen molar-refractivity contribution in [2.75, 3.05) is 49.3 Å². The number of carbonyl (C=O) groups excluding carboxylic acids is 2. The number of rotatable bonds is 7. The summed E-state index contributed by atoms with van der Waals surface area (Å²) in [7, 11) is 1.52. The summed E-state index contributed by atoms with van der Waals surface area (Å²) in [5, 5.41) is 25.1. The van der Waals surface area contributed by atoms with Gasteiger partial charge in [0.25, 0.3) is 0 Å². The Bertz CT molecular complexity index is 1420. The minimum Gasteiger partial charge on any atom is -0.481 e. The molecule has 0 aliphatic carbocycles. The number of pyridine rings is 2. The number of thioether (sulfide) groups is 1. The lowest BCUT2D eigenvalue weighted by Crippen LogP contribution is -2.35. The van der Waals surface area contributed by atoms with E-state index in [0.29, 0.717) is 72.2 Å². The SMILES string of the molecule is COc1ccc2nccc([C@@H](O)[C@H](O)[C@@H]3CCN(C[C@@H]4CN(c5ccc6c(c5)NC(=O)CS6)C(=O)O4)C3)c2n1. The molecule has 2 aromatic heterocycles. The van der Waals surface area contributed by atoms with Crippen molar-refractivity contribution in [1.82, 2.24) is 14.9 Å². The quantitative estimate of drug-likeness (QED) is 0.401. The van der Waals surface area contributed by atoms with Gasteiger partial charge in [-0.2, -0.15) is 0 Å². The Morgan fingerprint density at radius 1 is 1.21 bits per heavy atom. The van der Waals surface area contributed by atoms with Gasteiger partial charge in [0.2, 0.25) is 11.8 Å². The fourth-order valence-corrected chi connectivity index (χ4v) is 6.27. The second-order valence-electron chi connectivity index (χ2n) is 10.00. The number of cyclic esters (lactones) is 1. The lowest BCUT2D eigenvalue weighted by molar-refractivity contribution is -0.113. The molecule has 2 saturated heterocycles. The predicted octanol–water partition coefficient (Wildman–Crippen LogP) is 2.42. The minimum atomic E-state index is -1.14. The summed E-state index contributed by atoms with van der Waals surface area (Å²) < 4.78 is 10.9. The van der Waals surface area contributed by atoms with Crippen LogP contribution in [0.4, 0.5) is 16.2 Å². The summed E-state index contributed by atoms with van der Waals surface area (Å²) in [6.45, 7) is 2.19. The molecule has 0 saturated carbocycles. The number of nitrogens with one attached hydrogen (secondary N) is 1. The Kier molecular flexibility index (Phi) is 7.02. The lowest BCUT2D eigenvalue weighted by Gasteiger charge is -2.25. The van der Waals surface area contributed by atoms with Crippen LogP contribution in [0.5, 0.6) is 5.88 Å². The van der Waals surface area contributed by atoms with E-state index in [1.807, 2.05) is 12.1 Å². The van der Waals surface area contributed by atoms with Crippen molar-refractivity contribution in [1.29, 1.82) is 0 Å². The average molecular weight is 552 g/mol. The molecule has 2 amide bonds. The van der Waals surface area contributed by atoms with Gasteiger partial charge in [0, 0.05) is 47.4 Å². The second kappa shape index (κ2) is 10.6. The third kappa shape index (κ3) is 5.12. The summed E-state index contributed by atoms with van der Waals surface area (Å²) in [5.41, 5.74) is 2.99. The number of methoxy groups -OCH3 is 1. The Morgan fingerprint density at radius 3 is 2.92 bits per heavy atom. The molecular weight excluding hydrogens is 522 g/mol. The number of amides is 2. The van der Waals surface area contributed by atoms with Gasteiger partial charge in [-0.25, -0.2) is 9.78 Å². The van der Waals surface area contributed by atoms with Crippen LogP contribution in [-0.4, -0.2) is 88.3 Å². The molecule has 0 unspecified atom stereocenters. The van der Waals surface area contributed by atoms with Crippen molar-refractivity contribution in [2.45, 2.75) is 29.6 Å². The van der Waals surface area contributed by atoms with Crippen LogP contribution >= 0.6 is 11.8 Å². The summed E-state index contributed by atoms with van der Waals surface area (Å²) in [4.78, 5) is 37.9. The highest BCUT2D eigenvalue weighted by Gasteiger charge is 2.38. The summed E-state index contributed by atoms with van der Waals surface area (Å²) in [5.74, 6) is 0.567. The first-order valence-electron chi connectivity index (χ1n) is 12.8. The highest BCUT2D eigenvalue weighted by molar-refractivity contribution is 8.00. The highest BCUT2D eigenvalue weighted by Crippen LogP contribution is 2.36. The van der Waals surface area contributed by atoms with Crippen molar-refractivity contribution in [3.63, 3.8) is 0 Å². The smallest absolute Gasteiger partial charge is 0.414 e. The number of aromatic nitrogens is 2. The van der Waals surface area contributed by atoms with Gasteiger partial charge in [-0.05, 0) is 43.3 Å². The van der Waals surface area contributed by atoms with E-state index in [1.165, 1.54) is 18.9 Å². The number of likely N-dealkylation sites (tertiary alicyclic amines) is 1. The Hall–Kier alpha value is -3.45. The zero-order valence-electron chi connectivity index (χ0n) is 21.3. The third-order valence-electron chi connectivity index (χ3n) is 7.48. The fourth-order valence-electron chi connectivity index (χ4n) is 5.48. The van der Waals surface area contributed by atoms with Crippen LogP contribution in [0.3, 0.4) is 0 Å². The van der Waals surface area contributed by atoms with Crippen molar-refractivity contribution in [3.8, 4) is 5.88 Å². The van der Waals surface area contributed by atoms with E-state index < -0.39 is 18.3 Å². The lowest BCUT2D eigenvalue weighted by atomic mass is 9.92. The standard InChI is InChI=1S/C27H29N5O6S/c1-37-23-5-3-19-24(30-23)18(6-8-28-19)26(35)25(34)15-7-9-31(11-15)12-17-13-32(27(36)38-17)16-2-4-21-20(10-16)29-22(33)14-39-21/h2-6,8,10,15,17,25-26,34-35H,7,9,11-14H2,1H3,(H,29,33)/t15-,17-,25-,26-/m1/s1. The Balaban J connectivity index is 1.08. The maximum Gasteiger partial charge on any atom is 0.414 e. The molecular formula is C27H29N5O6S. The molecule has 1 aromatic carbocycles. The van der Waals surface area contributed by atoms with E-state index in [-0.39, 0.29) is 17.9 Å². The van der Waals surface area contributed by atoms with E-state index in [2.05, 4.69) is 20.2 Å². The number of fused-ring (bicyclic) bond motifs is 2. The number of aliphatic hydroxyl groups excluding tert-OH is 2. The summed E-state index contributed by atoms with van der Waals surface area (Å²) in [6, 6.07) is 10.7. The third-order valence-corrected chi connectivity index (χ3v) is 8.55. The van der Waals surface area contributed by atoms with E-state index in [9.17, 15) is 19.8 Å². The predicted molar refractivity (Wildman–Crippen MR) is 145 cm³/mol. The van der Waals surface area contributed by atoms with Gasteiger partial charge in [-0.1, -0.05) is 0 Å². The molecule has 0 bridgehead atoms. The largest absolute Gasteiger partial charge is 0.481 e. The number of aliphatic hydroxyl groups is 2. The number of nitrogens with zero attached hydrogens (tertiary/aromatic N) is 4. The highest BCUT2D eigenvalue weighted by atomic mass is 32.2. The minimum absolute atomic E-state index is 0.0597. The Labute approximate surface area is 229 Å². The average Bonchev–Trinajstić information content (AvgIpc) is 3.57. The molecule has 0 spiro atoms. The van der Waals surface area contributed by atoms with Gasteiger partial charge in [-0.15, -0.1) is 11.8 Å². The molecule has 204 valence electrons. The number of hydrogen-bond acceptors (Lipinski definition) is 10. The van der Waals surface area contributed by atoms with Crippen molar-refractivity contribution >= 4 is 46.2 Å². The summed E-state index contributed by atoms with van der Waals surface area (Å²) in [6.07, 6.45) is -0.599. The molecule has 6 rings (SSSR count). The second-order valence-corrected chi connectivity index (χ2v) is 11.0. The molecule has 39 heavy (non-hydrogen) atoms. The van der Waals surface area contributed by atoms with E-state index in [0.717, 1.165) is 4.90 Å². The van der Waals surface area contributed by atoms with E-state index in [1.54, 1.807) is 35.4 Å². The van der Waals surface area contributed by atoms with Crippen LogP contribution in [0.1, 0.15) is 18.1 Å². The number of carbonyl (C=O) groups is 2. The number of hydrogen-bond donors (Lipinski definition) is 3. The number of benzene rings is 1. The van der Waals surface area contributed by atoms with Gasteiger partial charge in [0.15, 0.2) is 0 Å². The van der Waals surface area contributed by atoms with E-state index in [4.69, 9.17) is 9.47 Å². The van der Waals surface area contributed by atoms with Gasteiger partial charge < -0.3 is 25.0 Å². The van der Waals surface area contributed by atoms with Gasteiger partial charge in [0.05, 0.1) is 42.2 Å². The molecule has 11 nitrogen and oxygen atoms in total. The maximum atomic E-state index is 12.7. The van der Waals surface area contributed by atoms with Crippen LogP contribution < -0.4 is 15.0 Å². The number of anilines is 2. The molecule has 4 atom stereocenters. The van der Waals surface area contributed by atoms with Crippen LogP contribution in [0.2, 0.25) is 0 Å². The zero-order valence-corrected chi connectivity index (χ0v) is 22.1. The first kappa shape index (κ1) is 25.8. The summed E-state index contributed by atoms with van der Waals surface area (Å²) >= 11 is 1.47. The van der Waals surface area contributed by atoms with Crippen molar-refractivity contribution < 1.29 is 29.3 Å². The van der Waals surface area contributed by atoms with Gasteiger partial charge in [-0.3, -0.25) is 19.6 Å². The first-order chi connectivity index (χ1) is 18.9. The normalized spacial score (nSPS) is 22.9. The van der Waals surface area contributed by atoms with Crippen LogP contribution in [-0.2, 0) is 9.53 Å². The van der Waals surface area contributed by atoms with Crippen LogP contribution in [0.15, 0.2) is 47.5 Å². The molecule has 5 heterocycles. The molecule has 3 aliphatic heterocycles. The van der Waals surface area contributed by atoms with Crippen LogP contribution in [0, 0.1) is 5.92 Å². The number of ether oxygens (including phenoxy) is 2. The molecule has 3 aliphatic rings. The molecule has 12 heteroatoms. The van der Waals surface area contributed by atoms with Crippen molar-refractivity contribution in [2.24, 2.45) is 5.92 Å². The van der Waals surface area contributed by atoms with Gasteiger partial charge >= 0.3 is 6.09 Å². The fraction of sp³-hybridized carbons (Fsp3) is 0.407. The topological polar surface area (TPSA) is 137 Å². The molecule has 0 radical (unpaired) electrons. The first-order valence-corrected chi connectivity index (χ1v) is 13.8. The van der Waals surface area contributed by atoms with Gasteiger partial charge in [0.1, 0.15) is 12.2 Å². The zero-order chi connectivity index (χ0) is 27.1. The molecule has 3 aromatic rings. The molecule has 2 fully saturated rings. The van der Waals surface area contributed by atoms with E-state index >= 15 is 0 Å². The monoisotopic (exact) mass is 551 g/mol. The van der Waals surface area contributed by atoms with Crippen LogP contribution in [0.25, 0.3) is 11.0 Å². The maximum absolute atomic E-state index is 12.7. The molecule has 3 N–H and O–H groups in total. The Morgan fingerprint density at radius 2 is 2.08 bits per heavy atom.